The standard InChI is InChI=1S/C16H9Cl2NO3S/c17-10-6-11(18)8-13(7-10)22-12-3-1-2-9(4-12)5-14-15(20)19-16(21)23-14/h1-8H,(H,19,20,21)/b14-5-. The van der Waals surface area contributed by atoms with E-state index in [0.29, 0.717) is 26.4 Å². The molecule has 0 aliphatic carbocycles. The SMILES string of the molecule is O=C1NC(=O)/C(=C/c2cccc(Oc3cc(Cl)cc(Cl)c3)c2)S1. The van der Waals surface area contributed by atoms with Crippen molar-refractivity contribution in [2.75, 3.05) is 0 Å². The molecule has 116 valence electrons. The zero-order chi connectivity index (χ0) is 16.4. The molecule has 2 amide bonds. The topological polar surface area (TPSA) is 55.4 Å². The first-order valence-corrected chi connectivity index (χ1v) is 8.06. The van der Waals surface area contributed by atoms with Crippen LogP contribution in [-0.2, 0) is 4.79 Å². The van der Waals surface area contributed by atoms with Gasteiger partial charge in [-0.3, -0.25) is 14.9 Å². The van der Waals surface area contributed by atoms with Crippen LogP contribution in [0.25, 0.3) is 6.08 Å². The van der Waals surface area contributed by atoms with Crippen LogP contribution in [0, 0.1) is 0 Å². The van der Waals surface area contributed by atoms with Crippen molar-refractivity contribution in [3.05, 3.63) is 63.0 Å². The van der Waals surface area contributed by atoms with Crippen LogP contribution in [0.15, 0.2) is 47.4 Å². The Balaban J connectivity index is 1.84. The summed E-state index contributed by atoms with van der Waals surface area (Å²) in [7, 11) is 0. The molecule has 2 aromatic carbocycles. The van der Waals surface area contributed by atoms with E-state index in [1.165, 1.54) is 0 Å². The fourth-order valence-electron chi connectivity index (χ4n) is 1.96. The third-order valence-corrected chi connectivity index (χ3v) is 4.12. The largest absolute Gasteiger partial charge is 0.457 e. The van der Waals surface area contributed by atoms with E-state index in [1.807, 2.05) is 0 Å². The summed E-state index contributed by atoms with van der Waals surface area (Å²) >= 11 is 12.7. The highest BCUT2D eigenvalue weighted by Crippen LogP contribution is 2.30. The van der Waals surface area contributed by atoms with Crippen LogP contribution in [0.2, 0.25) is 10.0 Å². The molecule has 0 unspecified atom stereocenters. The van der Waals surface area contributed by atoms with Crippen LogP contribution in [-0.4, -0.2) is 11.1 Å². The molecule has 1 heterocycles. The first-order valence-electron chi connectivity index (χ1n) is 6.48. The maximum atomic E-state index is 11.6. The summed E-state index contributed by atoms with van der Waals surface area (Å²) in [6.07, 6.45) is 1.63. The number of carbonyl (C=O) groups is 2. The normalized spacial score (nSPS) is 15.8. The van der Waals surface area contributed by atoms with Gasteiger partial charge in [-0.15, -0.1) is 0 Å². The number of hydrogen-bond donors (Lipinski definition) is 1. The Kier molecular flexibility index (Phi) is 4.61. The van der Waals surface area contributed by atoms with Gasteiger partial charge >= 0.3 is 0 Å². The molecule has 0 aromatic heterocycles. The van der Waals surface area contributed by atoms with Gasteiger partial charge in [-0.05, 0) is 53.7 Å². The fraction of sp³-hybridized carbons (Fsp3) is 0. The second-order valence-corrected chi connectivity index (χ2v) is 6.52. The van der Waals surface area contributed by atoms with Crippen LogP contribution in [0.5, 0.6) is 11.5 Å². The second kappa shape index (κ2) is 6.66. The Hall–Kier alpha value is -1.95. The van der Waals surface area contributed by atoms with Crippen LogP contribution in [0.4, 0.5) is 4.79 Å². The molecule has 0 spiro atoms. The van der Waals surface area contributed by atoms with Crippen molar-refractivity contribution in [1.29, 1.82) is 0 Å². The average molecular weight is 366 g/mol. The van der Waals surface area contributed by atoms with Crippen LogP contribution >= 0.6 is 35.0 Å². The third-order valence-electron chi connectivity index (χ3n) is 2.87. The van der Waals surface area contributed by atoms with Gasteiger partial charge in [0.05, 0.1) is 4.91 Å². The summed E-state index contributed by atoms with van der Waals surface area (Å²) < 4.78 is 5.72. The Morgan fingerprint density at radius 1 is 1.00 bits per heavy atom. The maximum Gasteiger partial charge on any atom is 0.290 e. The fourth-order valence-corrected chi connectivity index (χ4v) is 3.15. The number of carbonyl (C=O) groups excluding carboxylic acids is 2. The van der Waals surface area contributed by atoms with Crippen molar-refractivity contribution in [3.63, 3.8) is 0 Å². The molecule has 0 saturated carbocycles. The number of rotatable bonds is 3. The van der Waals surface area contributed by atoms with Gasteiger partial charge in [0.25, 0.3) is 11.1 Å². The van der Waals surface area contributed by atoms with Crippen LogP contribution in [0.1, 0.15) is 5.56 Å². The molecular weight excluding hydrogens is 357 g/mol. The maximum absolute atomic E-state index is 11.6. The minimum absolute atomic E-state index is 0.345. The number of imide groups is 1. The zero-order valence-corrected chi connectivity index (χ0v) is 13.8. The van der Waals surface area contributed by atoms with E-state index in [2.05, 4.69) is 5.32 Å². The smallest absolute Gasteiger partial charge is 0.290 e. The Morgan fingerprint density at radius 2 is 1.74 bits per heavy atom. The highest BCUT2D eigenvalue weighted by atomic mass is 35.5. The van der Waals surface area contributed by atoms with Crippen molar-refractivity contribution < 1.29 is 14.3 Å². The van der Waals surface area contributed by atoms with Crippen molar-refractivity contribution in [2.24, 2.45) is 0 Å². The molecule has 2 aromatic rings. The van der Waals surface area contributed by atoms with E-state index in [-0.39, 0.29) is 5.24 Å². The lowest BCUT2D eigenvalue weighted by molar-refractivity contribution is -0.115. The quantitative estimate of drug-likeness (QED) is 0.767. The van der Waals surface area contributed by atoms with Crippen molar-refractivity contribution >= 4 is 52.2 Å². The Bertz CT molecular complexity index is 816. The van der Waals surface area contributed by atoms with Gasteiger partial charge in [-0.2, -0.15) is 0 Å². The van der Waals surface area contributed by atoms with Crippen LogP contribution in [0.3, 0.4) is 0 Å². The van der Waals surface area contributed by atoms with Gasteiger partial charge in [-0.25, -0.2) is 0 Å². The van der Waals surface area contributed by atoms with E-state index in [9.17, 15) is 9.59 Å². The molecular formula is C16H9Cl2NO3S. The molecule has 23 heavy (non-hydrogen) atoms. The molecule has 0 atom stereocenters. The predicted molar refractivity (Wildman–Crippen MR) is 92.1 cm³/mol. The van der Waals surface area contributed by atoms with Crippen LogP contribution < -0.4 is 10.1 Å². The highest BCUT2D eigenvalue weighted by Gasteiger charge is 2.24. The van der Waals surface area contributed by atoms with E-state index < -0.39 is 5.91 Å². The predicted octanol–water partition coefficient (Wildman–Crippen LogP) is 5.11. The minimum Gasteiger partial charge on any atom is -0.457 e. The van der Waals surface area contributed by atoms with E-state index in [4.69, 9.17) is 27.9 Å². The lowest BCUT2D eigenvalue weighted by atomic mass is 10.2. The van der Waals surface area contributed by atoms with E-state index in [1.54, 1.807) is 48.5 Å². The lowest BCUT2D eigenvalue weighted by Crippen LogP contribution is -2.17. The van der Waals surface area contributed by atoms with Gasteiger partial charge < -0.3 is 4.74 Å². The number of amides is 2. The summed E-state index contributed by atoms with van der Waals surface area (Å²) in [6, 6.07) is 12.0. The Labute approximate surface area is 146 Å². The lowest BCUT2D eigenvalue weighted by Gasteiger charge is -2.07. The third kappa shape index (κ3) is 4.07. The Morgan fingerprint density at radius 3 is 2.39 bits per heavy atom. The monoisotopic (exact) mass is 365 g/mol. The first-order chi connectivity index (χ1) is 11.0. The molecule has 1 aliphatic rings. The number of benzene rings is 2. The molecule has 1 saturated heterocycles. The molecule has 1 aliphatic heterocycles. The van der Waals surface area contributed by atoms with Gasteiger partial charge in [0.15, 0.2) is 0 Å². The highest BCUT2D eigenvalue weighted by molar-refractivity contribution is 8.18. The van der Waals surface area contributed by atoms with E-state index >= 15 is 0 Å². The van der Waals surface area contributed by atoms with E-state index in [0.717, 1.165) is 17.3 Å². The number of nitrogens with one attached hydrogen (secondary N) is 1. The van der Waals surface area contributed by atoms with Gasteiger partial charge in [0.2, 0.25) is 0 Å². The second-order valence-electron chi connectivity index (χ2n) is 4.63. The first kappa shape index (κ1) is 15.9. The average Bonchev–Trinajstić information content (AvgIpc) is 2.76. The number of hydrogen-bond acceptors (Lipinski definition) is 4. The summed E-state index contributed by atoms with van der Waals surface area (Å²) in [4.78, 5) is 23.1. The molecule has 4 nitrogen and oxygen atoms in total. The van der Waals surface area contributed by atoms with Gasteiger partial charge in [0.1, 0.15) is 11.5 Å². The molecule has 1 N–H and O–H groups in total. The summed E-state index contributed by atoms with van der Waals surface area (Å²) in [5.74, 6) is 0.677. The number of thioether (sulfide) groups is 1. The number of ether oxygens (including phenoxy) is 1. The molecule has 0 radical (unpaired) electrons. The molecule has 1 fully saturated rings. The zero-order valence-electron chi connectivity index (χ0n) is 11.5. The summed E-state index contributed by atoms with van der Waals surface area (Å²) in [6.45, 7) is 0. The molecule has 3 rings (SSSR count). The van der Waals surface area contributed by atoms with Crippen molar-refractivity contribution in [2.45, 2.75) is 0 Å². The van der Waals surface area contributed by atoms with Gasteiger partial charge in [0, 0.05) is 10.0 Å². The van der Waals surface area contributed by atoms with Crippen molar-refractivity contribution in [1.82, 2.24) is 5.32 Å². The molecule has 7 heteroatoms. The molecule has 0 bridgehead atoms. The van der Waals surface area contributed by atoms with Crippen molar-refractivity contribution in [3.8, 4) is 11.5 Å². The summed E-state index contributed by atoms with van der Waals surface area (Å²) in [5.41, 5.74) is 0.739. The number of halogens is 2. The minimum atomic E-state index is -0.395. The summed E-state index contributed by atoms with van der Waals surface area (Å²) in [5, 5.41) is 2.79. The van der Waals surface area contributed by atoms with Gasteiger partial charge in [-0.1, -0.05) is 35.3 Å².